The molecule has 3 nitrogen and oxygen atoms in total. The molecule has 0 aromatic rings. The fourth-order valence-electron chi connectivity index (χ4n) is 2.04. The summed E-state index contributed by atoms with van der Waals surface area (Å²) in [7, 11) is 1.75. The van der Waals surface area contributed by atoms with Gasteiger partial charge in [-0.2, -0.15) is 0 Å². The number of likely N-dealkylation sites (tertiary alicyclic amines) is 1. The molecule has 0 aromatic heterocycles. The van der Waals surface area contributed by atoms with Gasteiger partial charge in [0.05, 0.1) is 5.84 Å². The topological polar surface area (TPSA) is 36.3 Å². The second kappa shape index (κ2) is 5.50. The Morgan fingerprint density at radius 2 is 2.13 bits per heavy atom. The Kier molecular flexibility index (Phi) is 4.58. The molecule has 88 valence electrons. The van der Waals surface area contributed by atoms with Crippen LogP contribution in [0.15, 0.2) is 0 Å². The number of methoxy groups -OCH3 is 1. The van der Waals surface area contributed by atoms with E-state index in [0.29, 0.717) is 0 Å². The van der Waals surface area contributed by atoms with Crippen molar-refractivity contribution in [2.24, 2.45) is 5.41 Å². The fraction of sp³-hybridized carbons (Fsp3) is 0.917. The fourth-order valence-corrected chi connectivity index (χ4v) is 2.04. The Hall–Kier alpha value is -0.570. The van der Waals surface area contributed by atoms with Gasteiger partial charge in [0.1, 0.15) is 0 Å². The van der Waals surface area contributed by atoms with Gasteiger partial charge < -0.3 is 9.64 Å². The zero-order chi connectivity index (χ0) is 11.3. The first-order chi connectivity index (χ1) is 7.05. The minimum Gasteiger partial charge on any atom is -0.385 e. The predicted molar refractivity (Wildman–Crippen MR) is 63.4 cm³/mol. The molecule has 1 aliphatic rings. The van der Waals surface area contributed by atoms with E-state index in [9.17, 15) is 0 Å². The molecule has 1 aliphatic heterocycles. The van der Waals surface area contributed by atoms with Crippen LogP contribution in [0, 0.1) is 10.8 Å². The number of rotatable bonds is 5. The molecule has 0 spiro atoms. The molecule has 0 aliphatic carbocycles. The minimum atomic E-state index is 0.250. The molecule has 3 heteroatoms. The Bertz CT molecular complexity index is 214. The van der Waals surface area contributed by atoms with Crippen LogP contribution in [-0.2, 0) is 4.74 Å². The van der Waals surface area contributed by atoms with Crippen LogP contribution in [0.25, 0.3) is 0 Å². The average molecular weight is 212 g/mol. The normalized spacial score (nSPS) is 18.3. The summed E-state index contributed by atoms with van der Waals surface area (Å²) in [6.07, 6.45) is 4.45. The summed E-state index contributed by atoms with van der Waals surface area (Å²) in [5.41, 5.74) is 0.250. The highest BCUT2D eigenvalue weighted by Gasteiger charge is 2.24. The maximum Gasteiger partial charge on any atom is 0.0957 e. The lowest BCUT2D eigenvalue weighted by Gasteiger charge is -2.36. The summed E-state index contributed by atoms with van der Waals surface area (Å²) < 4.78 is 5.12. The summed E-state index contributed by atoms with van der Waals surface area (Å²) in [6, 6.07) is 0. The predicted octanol–water partition coefficient (Wildman–Crippen LogP) is 2.51. The van der Waals surface area contributed by atoms with Gasteiger partial charge >= 0.3 is 0 Å². The highest BCUT2D eigenvalue weighted by Crippen LogP contribution is 2.24. The maximum absolute atomic E-state index is 7.90. The van der Waals surface area contributed by atoms with E-state index < -0.39 is 0 Å². The van der Waals surface area contributed by atoms with Crippen molar-refractivity contribution >= 4 is 5.84 Å². The van der Waals surface area contributed by atoms with Crippen LogP contribution in [0.4, 0.5) is 0 Å². The third-order valence-electron chi connectivity index (χ3n) is 3.08. The van der Waals surface area contributed by atoms with E-state index in [-0.39, 0.29) is 5.41 Å². The van der Waals surface area contributed by atoms with Crippen molar-refractivity contribution in [2.75, 3.05) is 26.8 Å². The lowest BCUT2D eigenvalue weighted by Crippen LogP contribution is -2.41. The van der Waals surface area contributed by atoms with Crippen LogP contribution >= 0.6 is 0 Å². The highest BCUT2D eigenvalue weighted by molar-refractivity contribution is 5.79. The molecule has 15 heavy (non-hydrogen) atoms. The molecule has 1 rings (SSSR count). The Morgan fingerprint density at radius 1 is 1.40 bits per heavy atom. The number of amidine groups is 1. The Morgan fingerprint density at radius 3 is 2.73 bits per heavy atom. The molecular formula is C12H24N2O. The quantitative estimate of drug-likeness (QED) is 0.760. The zero-order valence-corrected chi connectivity index (χ0v) is 10.3. The number of hydrogen-bond donors (Lipinski definition) is 1. The Balaban J connectivity index is 2.40. The number of piperidine rings is 1. The third kappa shape index (κ3) is 4.20. The van der Waals surface area contributed by atoms with Crippen LogP contribution in [0.2, 0.25) is 0 Å². The van der Waals surface area contributed by atoms with E-state index in [1.165, 1.54) is 12.8 Å². The summed E-state index contributed by atoms with van der Waals surface area (Å²) >= 11 is 0. The number of nitrogens with one attached hydrogen (secondary N) is 1. The van der Waals surface area contributed by atoms with Crippen LogP contribution < -0.4 is 0 Å². The van der Waals surface area contributed by atoms with E-state index in [1.807, 2.05) is 0 Å². The van der Waals surface area contributed by atoms with Gasteiger partial charge in [0.25, 0.3) is 0 Å². The first-order valence-corrected chi connectivity index (χ1v) is 5.86. The highest BCUT2D eigenvalue weighted by atomic mass is 16.5. The van der Waals surface area contributed by atoms with Gasteiger partial charge in [-0.1, -0.05) is 13.8 Å². The molecule has 0 unspecified atom stereocenters. The van der Waals surface area contributed by atoms with Gasteiger partial charge in [0, 0.05) is 33.2 Å². The van der Waals surface area contributed by atoms with Crippen LogP contribution in [0.1, 0.15) is 39.5 Å². The van der Waals surface area contributed by atoms with E-state index >= 15 is 0 Å². The summed E-state index contributed by atoms with van der Waals surface area (Å²) in [4.78, 5) is 2.24. The molecule has 0 amide bonds. The van der Waals surface area contributed by atoms with Gasteiger partial charge in [-0.15, -0.1) is 0 Å². The van der Waals surface area contributed by atoms with Crippen molar-refractivity contribution in [3.63, 3.8) is 0 Å². The minimum absolute atomic E-state index is 0.250. The van der Waals surface area contributed by atoms with Crippen molar-refractivity contribution in [2.45, 2.75) is 39.5 Å². The van der Waals surface area contributed by atoms with Gasteiger partial charge in [0.15, 0.2) is 0 Å². The van der Waals surface area contributed by atoms with Crippen molar-refractivity contribution in [1.82, 2.24) is 4.90 Å². The lowest BCUT2D eigenvalue weighted by molar-refractivity contribution is 0.133. The molecule has 1 heterocycles. The molecule has 0 aromatic carbocycles. The standard InChI is InChI=1S/C12H24N2O/c1-12(2,7-9-15-3)10-14-8-5-4-6-11(14)13/h13H,4-10H2,1-3H3. The molecule has 0 radical (unpaired) electrons. The first-order valence-electron chi connectivity index (χ1n) is 5.86. The molecule has 0 bridgehead atoms. The van der Waals surface area contributed by atoms with E-state index in [1.54, 1.807) is 7.11 Å². The summed E-state index contributed by atoms with van der Waals surface area (Å²) in [5.74, 6) is 0.826. The monoisotopic (exact) mass is 212 g/mol. The van der Waals surface area contributed by atoms with Crippen molar-refractivity contribution in [3.8, 4) is 0 Å². The molecule has 1 fully saturated rings. The summed E-state index contributed by atoms with van der Waals surface area (Å²) in [5, 5.41) is 7.90. The van der Waals surface area contributed by atoms with Crippen molar-refractivity contribution in [1.29, 1.82) is 5.41 Å². The van der Waals surface area contributed by atoms with Gasteiger partial charge in [-0.25, -0.2) is 0 Å². The van der Waals surface area contributed by atoms with E-state index in [2.05, 4.69) is 18.7 Å². The summed E-state index contributed by atoms with van der Waals surface area (Å²) in [6.45, 7) is 7.39. The number of hydrogen-bond acceptors (Lipinski definition) is 2. The molecule has 0 saturated carbocycles. The van der Waals surface area contributed by atoms with Gasteiger partial charge in [-0.3, -0.25) is 5.41 Å². The van der Waals surface area contributed by atoms with Crippen LogP contribution in [0.5, 0.6) is 0 Å². The van der Waals surface area contributed by atoms with E-state index in [4.69, 9.17) is 10.1 Å². The van der Waals surface area contributed by atoms with Crippen molar-refractivity contribution < 1.29 is 4.74 Å². The van der Waals surface area contributed by atoms with Crippen LogP contribution in [-0.4, -0.2) is 37.5 Å². The SMILES string of the molecule is COCCC(C)(C)CN1CCCCC1=N. The smallest absolute Gasteiger partial charge is 0.0957 e. The maximum atomic E-state index is 7.90. The molecule has 1 saturated heterocycles. The number of nitrogens with zero attached hydrogens (tertiary/aromatic N) is 1. The lowest BCUT2D eigenvalue weighted by atomic mass is 9.88. The number of ether oxygens (including phenoxy) is 1. The second-order valence-electron chi connectivity index (χ2n) is 5.23. The zero-order valence-electron chi connectivity index (χ0n) is 10.3. The van der Waals surface area contributed by atoms with Gasteiger partial charge in [0.2, 0.25) is 0 Å². The van der Waals surface area contributed by atoms with E-state index in [0.717, 1.165) is 38.4 Å². The molecular weight excluding hydrogens is 188 g/mol. The third-order valence-corrected chi connectivity index (χ3v) is 3.08. The molecule has 1 N–H and O–H groups in total. The second-order valence-corrected chi connectivity index (χ2v) is 5.23. The van der Waals surface area contributed by atoms with Crippen LogP contribution in [0.3, 0.4) is 0 Å². The average Bonchev–Trinajstić information content (AvgIpc) is 2.18. The van der Waals surface area contributed by atoms with Crippen molar-refractivity contribution in [3.05, 3.63) is 0 Å². The first kappa shape index (κ1) is 12.5. The van der Waals surface area contributed by atoms with Gasteiger partial charge in [-0.05, 0) is 24.7 Å². The molecule has 0 atom stereocenters. The largest absolute Gasteiger partial charge is 0.385 e. The Labute approximate surface area is 93.3 Å².